The lowest BCUT2D eigenvalue weighted by Crippen LogP contribution is -2.49. The first-order valence-corrected chi connectivity index (χ1v) is 13.2. The van der Waals surface area contributed by atoms with E-state index in [0.29, 0.717) is 5.56 Å². The van der Waals surface area contributed by atoms with E-state index < -0.39 is 0 Å². The molecule has 1 aliphatic carbocycles. The van der Waals surface area contributed by atoms with Gasteiger partial charge in [-0.25, -0.2) is 9.07 Å². The highest BCUT2D eigenvalue weighted by molar-refractivity contribution is 5.79. The summed E-state index contributed by atoms with van der Waals surface area (Å²) in [5.41, 5.74) is 3.53. The highest BCUT2D eigenvalue weighted by atomic mass is 19.1. The van der Waals surface area contributed by atoms with Crippen molar-refractivity contribution >= 4 is 16.6 Å². The van der Waals surface area contributed by atoms with E-state index >= 15 is 0 Å². The second kappa shape index (κ2) is 10.0. The van der Waals surface area contributed by atoms with Gasteiger partial charge in [0.2, 0.25) is 0 Å². The molecule has 2 aromatic heterocycles. The van der Waals surface area contributed by atoms with E-state index in [0.717, 1.165) is 67.0 Å². The molecule has 0 unspecified atom stereocenters. The topological polar surface area (TPSA) is 82.9 Å². The van der Waals surface area contributed by atoms with Crippen LogP contribution in [0.25, 0.3) is 10.9 Å². The molecule has 2 aliphatic rings. The average molecular weight is 502 g/mol. The van der Waals surface area contributed by atoms with Gasteiger partial charge < -0.3 is 9.88 Å². The molecule has 1 atom stereocenters. The van der Waals surface area contributed by atoms with Gasteiger partial charge in [-0.2, -0.15) is 0 Å². The summed E-state index contributed by atoms with van der Waals surface area (Å²) in [4.78, 5) is 21.2. The fraction of sp³-hybridized carbons (Fsp3) is 0.429. The molecule has 0 radical (unpaired) electrons. The molecule has 1 N–H and O–H groups in total. The van der Waals surface area contributed by atoms with Gasteiger partial charge in [-0.15, -0.1) is 5.10 Å². The SMILES string of the molecule is Cc1ccc2[nH]c(=O)c([C@@H](c3nnnn3C3CCCCC3)N3CCN(c4ccc(F)cc4)CC3)cc2c1. The lowest BCUT2D eigenvalue weighted by molar-refractivity contribution is 0.192. The van der Waals surface area contributed by atoms with E-state index in [4.69, 9.17) is 0 Å². The van der Waals surface area contributed by atoms with Crippen molar-refractivity contribution < 1.29 is 4.39 Å². The number of hydrogen-bond donors (Lipinski definition) is 1. The first kappa shape index (κ1) is 23.8. The lowest BCUT2D eigenvalue weighted by atomic mass is 9.95. The number of aromatic nitrogens is 5. The largest absolute Gasteiger partial charge is 0.369 e. The van der Waals surface area contributed by atoms with Crippen LogP contribution in [-0.4, -0.2) is 56.3 Å². The maximum atomic E-state index is 13.5. The highest BCUT2D eigenvalue weighted by Gasteiger charge is 2.34. The minimum atomic E-state index is -0.360. The summed E-state index contributed by atoms with van der Waals surface area (Å²) in [7, 11) is 0. The number of pyridine rings is 1. The Labute approximate surface area is 215 Å². The molecular weight excluding hydrogens is 469 g/mol. The van der Waals surface area contributed by atoms with Crippen LogP contribution in [0.4, 0.5) is 10.1 Å². The van der Waals surface area contributed by atoms with Crippen LogP contribution in [0.15, 0.2) is 53.3 Å². The molecule has 0 spiro atoms. The Hall–Kier alpha value is -3.59. The third-order valence-corrected chi connectivity index (χ3v) is 7.88. The maximum Gasteiger partial charge on any atom is 0.253 e. The van der Waals surface area contributed by atoms with Crippen molar-refractivity contribution in [3.05, 3.63) is 81.7 Å². The summed E-state index contributed by atoms with van der Waals surface area (Å²) >= 11 is 0. The number of nitrogens with one attached hydrogen (secondary N) is 1. The Balaban J connectivity index is 1.38. The van der Waals surface area contributed by atoms with E-state index in [1.165, 1.54) is 31.4 Å². The van der Waals surface area contributed by atoms with E-state index in [1.54, 1.807) is 0 Å². The highest BCUT2D eigenvalue weighted by Crippen LogP contribution is 2.34. The third kappa shape index (κ3) is 4.75. The molecule has 4 aromatic rings. The summed E-state index contributed by atoms with van der Waals surface area (Å²) in [5, 5.41) is 14.0. The molecule has 9 heteroatoms. The summed E-state index contributed by atoms with van der Waals surface area (Å²) in [6.07, 6.45) is 5.68. The minimum absolute atomic E-state index is 0.111. The van der Waals surface area contributed by atoms with Gasteiger partial charge >= 0.3 is 0 Å². The number of aryl methyl sites for hydroxylation is 1. The molecule has 1 aliphatic heterocycles. The van der Waals surface area contributed by atoms with Crippen LogP contribution >= 0.6 is 0 Å². The lowest BCUT2D eigenvalue weighted by Gasteiger charge is -2.40. The number of benzene rings is 2. The summed E-state index contributed by atoms with van der Waals surface area (Å²) in [6, 6.07) is 14.6. The Kier molecular flexibility index (Phi) is 6.46. The van der Waals surface area contributed by atoms with Crippen LogP contribution in [0, 0.1) is 12.7 Å². The number of nitrogens with zero attached hydrogens (tertiary/aromatic N) is 6. The standard InChI is InChI=1S/C28H32FN7O/c1-19-7-12-25-20(17-19)18-24(28(37)30-25)26(27-31-32-33-36(27)23-5-3-2-4-6-23)35-15-13-34(14-16-35)22-10-8-21(29)9-11-22/h7-12,17-18,23,26H,2-6,13-16H2,1H3,(H,30,37)/t26-/m0/s1. The monoisotopic (exact) mass is 501 g/mol. The van der Waals surface area contributed by atoms with Crippen molar-refractivity contribution in [2.45, 2.75) is 51.1 Å². The average Bonchev–Trinajstić information content (AvgIpc) is 3.40. The molecule has 1 saturated heterocycles. The van der Waals surface area contributed by atoms with Crippen LogP contribution in [0.2, 0.25) is 0 Å². The zero-order valence-electron chi connectivity index (χ0n) is 21.1. The number of aromatic amines is 1. The van der Waals surface area contributed by atoms with Crippen LogP contribution < -0.4 is 10.5 Å². The molecule has 0 bridgehead atoms. The van der Waals surface area contributed by atoms with Crippen molar-refractivity contribution in [3.63, 3.8) is 0 Å². The Morgan fingerprint density at radius 1 is 0.973 bits per heavy atom. The fourth-order valence-corrected chi connectivity index (χ4v) is 5.90. The van der Waals surface area contributed by atoms with Crippen molar-refractivity contribution in [3.8, 4) is 0 Å². The van der Waals surface area contributed by atoms with Gasteiger partial charge in [-0.05, 0) is 78.0 Å². The molecular formula is C28H32FN7O. The van der Waals surface area contributed by atoms with Gasteiger partial charge in [0.1, 0.15) is 11.9 Å². The molecule has 2 fully saturated rings. The quantitative estimate of drug-likeness (QED) is 0.437. The van der Waals surface area contributed by atoms with Crippen LogP contribution in [0.1, 0.15) is 61.1 Å². The molecule has 8 nitrogen and oxygen atoms in total. The molecule has 192 valence electrons. The predicted molar refractivity (Wildman–Crippen MR) is 141 cm³/mol. The van der Waals surface area contributed by atoms with Crippen molar-refractivity contribution in [1.82, 2.24) is 30.1 Å². The predicted octanol–water partition coefficient (Wildman–Crippen LogP) is 4.38. The smallest absolute Gasteiger partial charge is 0.253 e. The van der Waals surface area contributed by atoms with Gasteiger partial charge in [0.25, 0.3) is 5.56 Å². The second-order valence-electron chi connectivity index (χ2n) is 10.3. The number of tetrazole rings is 1. The Morgan fingerprint density at radius 3 is 2.49 bits per heavy atom. The summed E-state index contributed by atoms with van der Waals surface area (Å²) in [6.45, 7) is 5.03. The number of hydrogen-bond acceptors (Lipinski definition) is 6. The zero-order chi connectivity index (χ0) is 25.4. The van der Waals surface area contributed by atoms with E-state index in [2.05, 4.69) is 43.3 Å². The Bertz CT molecular complexity index is 1430. The maximum absolute atomic E-state index is 13.5. The molecule has 0 amide bonds. The van der Waals surface area contributed by atoms with E-state index in [9.17, 15) is 9.18 Å². The summed E-state index contributed by atoms with van der Waals surface area (Å²) in [5.74, 6) is 0.502. The van der Waals surface area contributed by atoms with Crippen molar-refractivity contribution in [2.75, 3.05) is 31.1 Å². The van der Waals surface area contributed by atoms with Crippen molar-refractivity contribution in [1.29, 1.82) is 0 Å². The summed E-state index contributed by atoms with van der Waals surface area (Å²) < 4.78 is 15.4. The second-order valence-corrected chi connectivity index (χ2v) is 10.3. The number of halogens is 1. The van der Waals surface area contributed by atoms with Gasteiger partial charge in [0.15, 0.2) is 5.82 Å². The molecule has 2 aromatic carbocycles. The van der Waals surface area contributed by atoms with Crippen LogP contribution in [-0.2, 0) is 0 Å². The third-order valence-electron chi connectivity index (χ3n) is 7.88. The number of H-pyrrole nitrogens is 1. The van der Waals surface area contributed by atoms with Gasteiger partial charge in [0, 0.05) is 42.9 Å². The number of rotatable bonds is 5. The van der Waals surface area contributed by atoms with Crippen LogP contribution in [0.5, 0.6) is 0 Å². The molecule has 6 rings (SSSR count). The molecule has 37 heavy (non-hydrogen) atoms. The number of fused-ring (bicyclic) bond motifs is 1. The number of anilines is 1. The molecule has 1 saturated carbocycles. The number of piperazine rings is 1. The zero-order valence-corrected chi connectivity index (χ0v) is 21.1. The van der Waals surface area contributed by atoms with Gasteiger partial charge in [-0.3, -0.25) is 9.69 Å². The fourth-order valence-electron chi connectivity index (χ4n) is 5.90. The van der Waals surface area contributed by atoms with E-state index in [-0.39, 0.29) is 23.5 Å². The van der Waals surface area contributed by atoms with E-state index in [1.807, 2.05) is 35.0 Å². The normalized spacial score (nSPS) is 18.4. The van der Waals surface area contributed by atoms with Gasteiger partial charge in [-0.1, -0.05) is 30.9 Å². The minimum Gasteiger partial charge on any atom is -0.369 e. The first-order valence-electron chi connectivity index (χ1n) is 13.2. The van der Waals surface area contributed by atoms with Gasteiger partial charge in [0.05, 0.1) is 6.04 Å². The molecule has 3 heterocycles. The first-order chi connectivity index (χ1) is 18.1. The van der Waals surface area contributed by atoms with Crippen LogP contribution in [0.3, 0.4) is 0 Å². The Morgan fingerprint density at radius 2 is 1.73 bits per heavy atom. The van der Waals surface area contributed by atoms with Crippen molar-refractivity contribution in [2.24, 2.45) is 0 Å².